The van der Waals surface area contributed by atoms with Crippen molar-refractivity contribution in [2.45, 2.75) is 83.2 Å². The number of carbonyl (C=O) groups excluding carboxylic acids is 3. The van der Waals surface area contributed by atoms with Gasteiger partial charge in [-0.1, -0.05) is 20.4 Å². The number of furan rings is 1. The smallest absolute Gasteiger partial charge is 0.309 e. The Kier molecular flexibility index (Phi) is 5.30. The second-order valence-corrected chi connectivity index (χ2v) is 11.6. The van der Waals surface area contributed by atoms with E-state index in [0.717, 1.165) is 17.6 Å². The summed E-state index contributed by atoms with van der Waals surface area (Å²) in [4.78, 5) is 38.5. The van der Waals surface area contributed by atoms with Gasteiger partial charge in [0.1, 0.15) is 17.3 Å². The lowest BCUT2D eigenvalue weighted by molar-refractivity contribution is -0.290. The van der Waals surface area contributed by atoms with E-state index < -0.39 is 34.2 Å². The Morgan fingerprint density at radius 2 is 1.94 bits per heavy atom. The molecule has 4 fully saturated rings. The third-order valence-corrected chi connectivity index (χ3v) is 9.59. The zero-order valence-electron chi connectivity index (χ0n) is 21.1. The van der Waals surface area contributed by atoms with E-state index in [1.807, 2.05) is 19.9 Å². The van der Waals surface area contributed by atoms with Crippen LogP contribution in [0.3, 0.4) is 0 Å². The molecule has 4 heterocycles. The lowest BCUT2D eigenvalue weighted by Gasteiger charge is -2.68. The number of hydrogen-bond acceptors (Lipinski definition) is 8. The highest BCUT2D eigenvalue weighted by Gasteiger charge is 2.72. The van der Waals surface area contributed by atoms with E-state index in [0.29, 0.717) is 6.42 Å². The number of hydrogen-bond donors (Lipinski definition) is 0. The van der Waals surface area contributed by atoms with Gasteiger partial charge in [-0.05, 0) is 44.2 Å². The maximum Gasteiger partial charge on any atom is 0.309 e. The van der Waals surface area contributed by atoms with Crippen molar-refractivity contribution in [3.05, 3.63) is 36.3 Å². The van der Waals surface area contributed by atoms with Gasteiger partial charge in [-0.15, -0.1) is 0 Å². The molecule has 190 valence electrons. The Labute approximate surface area is 205 Å². The van der Waals surface area contributed by atoms with Gasteiger partial charge in [0.25, 0.3) is 0 Å². The summed E-state index contributed by atoms with van der Waals surface area (Å²) in [6.45, 7) is 12.4. The molecule has 8 nitrogen and oxygen atoms in total. The number of rotatable bonds is 3. The van der Waals surface area contributed by atoms with Gasteiger partial charge < -0.3 is 23.4 Å². The Morgan fingerprint density at radius 1 is 1.20 bits per heavy atom. The Hall–Kier alpha value is -2.61. The largest absolute Gasteiger partial charge is 0.472 e. The van der Waals surface area contributed by atoms with Crippen LogP contribution in [0.4, 0.5) is 0 Å². The summed E-state index contributed by atoms with van der Waals surface area (Å²) in [5.74, 6) is -1.58. The minimum atomic E-state index is -1.01. The van der Waals surface area contributed by atoms with E-state index >= 15 is 0 Å². The number of methoxy groups -OCH3 is 1. The highest BCUT2D eigenvalue weighted by atomic mass is 16.6. The molecule has 0 radical (unpaired) electrons. The van der Waals surface area contributed by atoms with Crippen molar-refractivity contribution in [2.24, 2.45) is 22.7 Å². The van der Waals surface area contributed by atoms with Crippen LogP contribution >= 0.6 is 0 Å². The van der Waals surface area contributed by atoms with E-state index in [1.54, 1.807) is 12.5 Å². The molecule has 1 saturated carbocycles. The standard InChI is InChI=1S/C27H34O8/c1-15-17-7-9-25(4)23(16-8-10-32-14-16)33-22(30)13-27(15,25)34-19-12-21(29)35-24(2,3)18(26(17,19)5)11-20(28)31-6/h8,10,14,17-19,23H,1,7,9,11-13H2,2-6H3/t17-,18-,19+,23-,25-,26+,27-/m1/s1. The summed E-state index contributed by atoms with van der Waals surface area (Å²) in [6, 6.07) is 1.81. The summed E-state index contributed by atoms with van der Waals surface area (Å²) >= 11 is 0. The molecule has 0 amide bonds. The van der Waals surface area contributed by atoms with E-state index in [1.165, 1.54) is 7.11 Å². The van der Waals surface area contributed by atoms with Crippen LogP contribution < -0.4 is 0 Å². The van der Waals surface area contributed by atoms with Crippen molar-refractivity contribution in [2.75, 3.05) is 7.11 Å². The summed E-state index contributed by atoms with van der Waals surface area (Å²) in [6.07, 6.45) is 3.63. The number of ether oxygens (including phenoxy) is 4. The SMILES string of the molecule is C=C1[C@H]2CC[C@]3(C)[C@@H](c4ccoc4)OC(=O)C[C@@]13O[C@H]1CC(=O)OC(C)(C)[C@@H](CC(=O)OC)[C@@]12C. The average molecular weight is 487 g/mol. The zero-order valence-corrected chi connectivity index (χ0v) is 21.1. The first-order valence-electron chi connectivity index (χ1n) is 12.3. The lowest BCUT2D eigenvalue weighted by atomic mass is 9.45. The van der Waals surface area contributed by atoms with Crippen molar-refractivity contribution in [3.63, 3.8) is 0 Å². The molecule has 1 spiro atoms. The van der Waals surface area contributed by atoms with Gasteiger partial charge in [0.2, 0.25) is 0 Å². The highest BCUT2D eigenvalue weighted by Crippen LogP contribution is 2.70. The summed E-state index contributed by atoms with van der Waals surface area (Å²) in [5.41, 5.74) is -1.58. The maximum absolute atomic E-state index is 13.0. The van der Waals surface area contributed by atoms with Crippen LogP contribution in [0.1, 0.15) is 71.5 Å². The number of cyclic esters (lactones) is 2. The maximum atomic E-state index is 13.0. The van der Waals surface area contributed by atoms with Crippen LogP contribution in [0.15, 0.2) is 35.2 Å². The molecule has 1 aromatic heterocycles. The predicted octanol–water partition coefficient (Wildman–Crippen LogP) is 4.29. The molecule has 0 aromatic carbocycles. The second-order valence-electron chi connectivity index (χ2n) is 11.6. The molecule has 0 unspecified atom stereocenters. The monoisotopic (exact) mass is 486 g/mol. The van der Waals surface area contributed by atoms with Crippen molar-refractivity contribution in [1.29, 1.82) is 0 Å². The van der Waals surface area contributed by atoms with Crippen LogP contribution in [-0.2, 0) is 33.3 Å². The molecule has 0 N–H and O–H groups in total. The van der Waals surface area contributed by atoms with Gasteiger partial charge in [0.15, 0.2) is 0 Å². The fourth-order valence-corrected chi connectivity index (χ4v) is 7.78. The topological polar surface area (TPSA) is 101 Å². The Bertz CT molecular complexity index is 1070. The van der Waals surface area contributed by atoms with E-state index in [9.17, 15) is 14.4 Å². The first-order chi connectivity index (χ1) is 16.4. The average Bonchev–Trinajstić information content (AvgIpc) is 3.29. The number of fused-ring (bicyclic) bond motifs is 3. The molecule has 35 heavy (non-hydrogen) atoms. The van der Waals surface area contributed by atoms with Crippen LogP contribution in [0, 0.1) is 22.7 Å². The Balaban J connectivity index is 1.65. The molecule has 3 aliphatic heterocycles. The van der Waals surface area contributed by atoms with Crippen molar-refractivity contribution >= 4 is 17.9 Å². The fraction of sp³-hybridized carbons (Fsp3) is 0.667. The van der Waals surface area contributed by atoms with Gasteiger partial charge in [-0.2, -0.15) is 0 Å². The summed E-state index contributed by atoms with van der Waals surface area (Å²) in [7, 11) is 1.36. The molecule has 7 atom stereocenters. The minimum Gasteiger partial charge on any atom is -0.472 e. The number of esters is 3. The van der Waals surface area contributed by atoms with Gasteiger partial charge in [-0.25, -0.2) is 0 Å². The molecule has 3 saturated heterocycles. The lowest BCUT2D eigenvalue weighted by Crippen LogP contribution is -2.70. The van der Waals surface area contributed by atoms with E-state index in [2.05, 4.69) is 20.4 Å². The molecule has 8 heteroatoms. The van der Waals surface area contributed by atoms with Crippen molar-refractivity contribution in [3.8, 4) is 0 Å². The molecule has 5 rings (SSSR count). The highest BCUT2D eigenvalue weighted by molar-refractivity contribution is 5.75. The second kappa shape index (κ2) is 7.69. The van der Waals surface area contributed by atoms with Gasteiger partial charge >= 0.3 is 17.9 Å². The van der Waals surface area contributed by atoms with E-state index in [4.69, 9.17) is 23.4 Å². The quantitative estimate of drug-likeness (QED) is 0.354. The molecule has 1 aromatic rings. The molecular formula is C27H34O8. The fourth-order valence-electron chi connectivity index (χ4n) is 7.78. The Morgan fingerprint density at radius 3 is 2.60 bits per heavy atom. The van der Waals surface area contributed by atoms with Crippen LogP contribution in [-0.4, -0.2) is 42.3 Å². The molecule has 2 bridgehead atoms. The van der Waals surface area contributed by atoms with Gasteiger partial charge in [0, 0.05) is 22.3 Å². The van der Waals surface area contributed by atoms with Crippen LogP contribution in [0.25, 0.3) is 0 Å². The van der Waals surface area contributed by atoms with Gasteiger partial charge in [0.05, 0.1) is 45.0 Å². The zero-order chi connectivity index (χ0) is 25.4. The van der Waals surface area contributed by atoms with Crippen LogP contribution in [0.2, 0.25) is 0 Å². The molecular weight excluding hydrogens is 452 g/mol. The first kappa shape index (κ1) is 24.1. The van der Waals surface area contributed by atoms with Crippen molar-refractivity contribution in [1.82, 2.24) is 0 Å². The first-order valence-corrected chi connectivity index (χ1v) is 12.3. The van der Waals surface area contributed by atoms with Crippen molar-refractivity contribution < 1.29 is 37.7 Å². The minimum absolute atomic E-state index is 0.0277. The number of carbonyl (C=O) groups is 3. The third kappa shape index (κ3) is 3.18. The molecule has 1 aliphatic carbocycles. The van der Waals surface area contributed by atoms with Gasteiger partial charge in [-0.3, -0.25) is 14.4 Å². The summed E-state index contributed by atoms with van der Waals surface area (Å²) < 4.78 is 29.1. The third-order valence-electron chi connectivity index (χ3n) is 9.59. The molecule has 4 aliphatic rings. The van der Waals surface area contributed by atoms with E-state index in [-0.39, 0.29) is 49.0 Å². The predicted molar refractivity (Wildman–Crippen MR) is 123 cm³/mol. The summed E-state index contributed by atoms with van der Waals surface area (Å²) in [5, 5.41) is 0. The normalized spacial score (nSPS) is 42.1. The van der Waals surface area contributed by atoms with Crippen LogP contribution in [0.5, 0.6) is 0 Å².